The van der Waals surface area contributed by atoms with Crippen molar-refractivity contribution < 1.29 is 0 Å². The maximum atomic E-state index is 5.90. The summed E-state index contributed by atoms with van der Waals surface area (Å²) >= 11 is 0. The molecule has 0 aliphatic heterocycles. The van der Waals surface area contributed by atoms with Gasteiger partial charge >= 0.3 is 0 Å². The van der Waals surface area contributed by atoms with Crippen LogP contribution in [0.2, 0.25) is 0 Å². The number of aryl methyl sites for hydroxylation is 1. The molecule has 1 saturated carbocycles. The number of imidazole rings is 1. The number of nitrogen functional groups attached to an aromatic ring is 1. The van der Waals surface area contributed by atoms with Gasteiger partial charge in [0.25, 0.3) is 0 Å². The molecule has 1 aliphatic rings. The third kappa shape index (κ3) is 1.96. The zero-order valence-electron chi connectivity index (χ0n) is 10.5. The predicted octanol–water partition coefficient (Wildman–Crippen LogP) is 2.12. The first-order chi connectivity index (χ1) is 8.74. The van der Waals surface area contributed by atoms with E-state index in [0.29, 0.717) is 17.6 Å². The van der Waals surface area contributed by atoms with E-state index in [1.54, 1.807) is 6.20 Å². The molecule has 2 aromatic heterocycles. The van der Waals surface area contributed by atoms with Crippen molar-refractivity contribution in [1.82, 2.24) is 19.5 Å². The molecule has 2 heterocycles. The van der Waals surface area contributed by atoms with Gasteiger partial charge in [-0.05, 0) is 12.8 Å². The summed E-state index contributed by atoms with van der Waals surface area (Å²) in [6.45, 7) is 0. The summed E-state index contributed by atoms with van der Waals surface area (Å²) in [6, 6.07) is 1.91. The van der Waals surface area contributed by atoms with Gasteiger partial charge in [0.15, 0.2) is 11.6 Å². The lowest BCUT2D eigenvalue weighted by molar-refractivity contribution is 0.694. The summed E-state index contributed by atoms with van der Waals surface area (Å²) in [4.78, 5) is 13.2. The molecule has 0 saturated heterocycles. The maximum absolute atomic E-state index is 5.90. The van der Waals surface area contributed by atoms with Crippen LogP contribution in [0, 0.1) is 0 Å². The van der Waals surface area contributed by atoms with Crippen LogP contribution in [0.1, 0.15) is 37.3 Å². The molecule has 18 heavy (non-hydrogen) atoms. The van der Waals surface area contributed by atoms with Gasteiger partial charge in [-0.1, -0.05) is 12.8 Å². The van der Waals surface area contributed by atoms with Crippen LogP contribution in [0.5, 0.6) is 0 Å². The molecular weight excluding hydrogens is 226 g/mol. The Hall–Kier alpha value is -1.91. The Kier molecular flexibility index (Phi) is 2.74. The summed E-state index contributed by atoms with van der Waals surface area (Å²) < 4.78 is 1.91. The van der Waals surface area contributed by atoms with Crippen LogP contribution in [0.25, 0.3) is 11.6 Å². The van der Waals surface area contributed by atoms with Gasteiger partial charge in [-0.15, -0.1) is 0 Å². The van der Waals surface area contributed by atoms with Gasteiger partial charge in [-0.25, -0.2) is 15.0 Å². The lowest BCUT2D eigenvalue weighted by Gasteiger charge is -2.10. The van der Waals surface area contributed by atoms with Crippen LogP contribution in [-0.2, 0) is 7.05 Å². The summed E-state index contributed by atoms with van der Waals surface area (Å²) in [6.07, 6.45) is 8.61. The van der Waals surface area contributed by atoms with E-state index in [-0.39, 0.29) is 0 Å². The van der Waals surface area contributed by atoms with Crippen molar-refractivity contribution in [1.29, 1.82) is 0 Å². The SMILES string of the molecule is Cn1ccnc1-c1nc(N)cc(C2CCCC2)n1. The fourth-order valence-electron chi connectivity index (χ4n) is 2.60. The summed E-state index contributed by atoms with van der Waals surface area (Å²) in [5, 5.41) is 0. The lowest BCUT2D eigenvalue weighted by atomic mass is 10.0. The minimum Gasteiger partial charge on any atom is -0.384 e. The number of aromatic nitrogens is 4. The molecule has 3 rings (SSSR count). The van der Waals surface area contributed by atoms with Gasteiger partial charge in [0.05, 0.1) is 0 Å². The van der Waals surface area contributed by atoms with E-state index >= 15 is 0 Å². The topological polar surface area (TPSA) is 69.6 Å². The Bertz CT molecular complexity index is 554. The number of hydrogen-bond acceptors (Lipinski definition) is 4. The van der Waals surface area contributed by atoms with Crippen molar-refractivity contribution in [2.75, 3.05) is 5.73 Å². The highest BCUT2D eigenvalue weighted by Gasteiger charge is 2.20. The van der Waals surface area contributed by atoms with Crippen LogP contribution in [-0.4, -0.2) is 19.5 Å². The van der Waals surface area contributed by atoms with E-state index in [0.717, 1.165) is 11.5 Å². The van der Waals surface area contributed by atoms with E-state index < -0.39 is 0 Å². The van der Waals surface area contributed by atoms with Gasteiger partial charge in [0, 0.05) is 37.1 Å². The number of nitrogens with two attached hydrogens (primary N) is 1. The van der Waals surface area contributed by atoms with Crippen molar-refractivity contribution in [2.45, 2.75) is 31.6 Å². The third-order valence-electron chi connectivity index (χ3n) is 3.56. The minimum absolute atomic E-state index is 0.532. The highest BCUT2D eigenvalue weighted by atomic mass is 15.1. The summed E-state index contributed by atoms with van der Waals surface area (Å²) in [5.41, 5.74) is 6.96. The van der Waals surface area contributed by atoms with Crippen molar-refractivity contribution >= 4 is 5.82 Å². The number of hydrogen-bond donors (Lipinski definition) is 1. The van der Waals surface area contributed by atoms with E-state index in [2.05, 4.69) is 15.0 Å². The molecule has 1 aliphatic carbocycles. The second-order valence-corrected chi connectivity index (χ2v) is 4.88. The van der Waals surface area contributed by atoms with Gasteiger partial charge in [-0.2, -0.15) is 0 Å². The highest BCUT2D eigenvalue weighted by molar-refractivity contribution is 5.48. The van der Waals surface area contributed by atoms with Gasteiger partial charge in [0.2, 0.25) is 0 Å². The fraction of sp³-hybridized carbons (Fsp3) is 0.462. The zero-order valence-corrected chi connectivity index (χ0v) is 10.5. The van der Waals surface area contributed by atoms with E-state index in [9.17, 15) is 0 Å². The minimum atomic E-state index is 0.532. The number of nitrogens with zero attached hydrogens (tertiary/aromatic N) is 4. The first kappa shape index (κ1) is 11.2. The Morgan fingerprint density at radius 3 is 2.72 bits per heavy atom. The second kappa shape index (κ2) is 4.40. The maximum Gasteiger partial charge on any atom is 0.198 e. The number of anilines is 1. The van der Waals surface area contributed by atoms with Crippen molar-refractivity contribution in [3.8, 4) is 11.6 Å². The average Bonchev–Trinajstić information content (AvgIpc) is 2.98. The quantitative estimate of drug-likeness (QED) is 0.877. The van der Waals surface area contributed by atoms with Crippen molar-refractivity contribution in [2.24, 2.45) is 7.05 Å². The molecule has 1 fully saturated rings. The largest absolute Gasteiger partial charge is 0.384 e. The van der Waals surface area contributed by atoms with Crippen LogP contribution in [0.15, 0.2) is 18.5 Å². The lowest BCUT2D eigenvalue weighted by Crippen LogP contribution is -2.05. The zero-order chi connectivity index (χ0) is 12.5. The molecule has 0 radical (unpaired) electrons. The normalized spacial score (nSPS) is 16.3. The molecule has 0 aromatic carbocycles. The highest BCUT2D eigenvalue weighted by Crippen LogP contribution is 2.34. The van der Waals surface area contributed by atoms with E-state index in [1.165, 1.54) is 25.7 Å². The molecule has 2 N–H and O–H groups in total. The van der Waals surface area contributed by atoms with Crippen LogP contribution >= 0.6 is 0 Å². The summed E-state index contributed by atoms with van der Waals surface area (Å²) in [7, 11) is 1.93. The van der Waals surface area contributed by atoms with Gasteiger partial charge in [-0.3, -0.25) is 0 Å². The predicted molar refractivity (Wildman–Crippen MR) is 69.9 cm³/mol. The first-order valence-electron chi connectivity index (χ1n) is 6.36. The second-order valence-electron chi connectivity index (χ2n) is 4.88. The first-order valence-corrected chi connectivity index (χ1v) is 6.36. The molecular formula is C13H17N5. The third-order valence-corrected chi connectivity index (χ3v) is 3.56. The monoisotopic (exact) mass is 243 g/mol. The molecule has 5 heteroatoms. The molecule has 0 unspecified atom stereocenters. The van der Waals surface area contributed by atoms with E-state index in [1.807, 2.05) is 23.9 Å². The fourth-order valence-corrected chi connectivity index (χ4v) is 2.60. The van der Waals surface area contributed by atoms with Crippen molar-refractivity contribution in [3.05, 3.63) is 24.2 Å². The van der Waals surface area contributed by atoms with Crippen LogP contribution < -0.4 is 5.73 Å². The average molecular weight is 243 g/mol. The van der Waals surface area contributed by atoms with Crippen molar-refractivity contribution in [3.63, 3.8) is 0 Å². The standard InChI is InChI=1S/C13H17N5/c1-18-7-6-15-13(18)12-16-10(8-11(14)17-12)9-4-2-3-5-9/h6-9H,2-5H2,1H3,(H2,14,16,17). The molecule has 0 atom stereocenters. The molecule has 0 amide bonds. The van der Waals surface area contributed by atoms with Crippen LogP contribution in [0.4, 0.5) is 5.82 Å². The molecule has 5 nitrogen and oxygen atoms in total. The molecule has 0 bridgehead atoms. The van der Waals surface area contributed by atoms with Crippen LogP contribution in [0.3, 0.4) is 0 Å². The Morgan fingerprint density at radius 2 is 2.06 bits per heavy atom. The number of rotatable bonds is 2. The van der Waals surface area contributed by atoms with Gasteiger partial charge < -0.3 is 10.3 Å². The molecule has 2 aromatic rings. The van der Waals surface area contributed by atoms with Gasteiger partial charge in [0.1, 0.15) is 5.82 Å². The Labute approximate surface area is 106 Å². The molecule has 0 spiro atoms. The smallest absolute Gasteiger partial charge is 0.198 e. The van der Waals surface area contributed by atoms with E-state index in [4.69, 9.17) is 5.73 Å². The summed E-state index contributed by atoms with van der Waals surface area (Å²) in [5.74, 6) is 2.46. The molecule has 94 valence electrons. The Balaban J connectivity index is 2.03. The Morgan fingerprint density at radius 1 is 1.28 bits per heavy atom.